The Kier molecular flexibility index (Phi) is 9.62. The largest absolute Gasteiger partial charge is 0.509 e. The van der Waals surface area contributed by atoms with E-state index in [1.165, 1.54) is 23.4 Å². The number of benzene rings is 8. The van der Waals surface area contributed by atoms with Gasteiger partial charge in [-0.1, -0.05) is 168 Å². The summed E-state index contributed by atoms with van der Waals surface area (Å²) in [5.41, 5.74) is 10.9. The van der Waals surface area contributed by atoms with Crippen molar-refractivity contribution in [3.63, 3.8) is 0 Å². The van der Waals surface area contributed by atoms with E-state index in [0.29, 0.717) is 22.5 Å². The first kappa shape index (κ1) is 36.8. The zero-order valence-electron chi connectivity index (χ0n) is 47.1. The van der Waals surface area contributed by atoms with Gasteiger partial charge in [-0.15, -0.1) is 48.1 Å². The molecule has 0 spiro atoms. The number of pyridine rings is 1. The first-order valence-corrected chi connectivity index (χ1v) is 22.8. The van der Waals surface area contributed by atoms with Crippen LogP contribution in [0.15, 0.2) is 188 Å². The average Bonchev–Trinajstić information content (AvgIpc) is 3.99. The minimum atomic E-state index is -2.78. The first-order chi connectivity index (χ1) is 36.2. The van der Waals surface area contributed by atoms with E-state index in [0.717, 1.165) is 55.8 Å². The molecule has 1 aliphatic heterocycles. The second-order valence-corrected chi connectivity index (χ2v) is 19.2. The Hall–Kier alpha value is -7.20. The van der Waals surface area contributed by atoms with Crippen molar-refractivity contribution < 1.29 is 36.8 Å². The van der Waals surface area contributed by atoms with Crippen LogP contribution < -0.4 is 14.5 Å². The molecular weight excluding hydrogens is 1020 g/mol. The molecule has 0 radical (unpaired) electrons. The van der Waals surface area contributed by atoms with Gasteiger partial charge in [-0.25, -0.2) is 4.98 Å². The van der Waals surface area contributed by atoms with Gasteiger partial charge in [-0.3, -0.25) is 0 Å². The van der Waals surface area contributed by atoms with Crippen LogP contribution in [0.4, 0.5) is 22.7 Å². The zero-order valence-corrected chi connectivity index (χ0v) is 41.4. The number of aryl methyl sites for hydroxylation is 1. The molecule has 1 aliphatic rings. The fourth-order valence-electron chi connectivity index (χ4n) is 9.10. The van der Waals surface area contributed by atoms with Crippen LogP contribution >= 0.6 is 0 Å². The molecular formula is C63H53N4OPt-3. The molecule has 344 valence electrons. The third-order valence-corrected chi connectivity index (χ3v) is 12.6. The molecule has 5 nitrogen and oxygen atoms in total. The summed E-state index contributed by atoms with van der Waals surface area (Å²) >= 11 is 0. The smallest absolute Gasteiger partial charge is 0.135 e. The van der Waals surface area contributed by atoms with E-state index in [1.54, 1.807) is 0 Å². The van der Waals surface area contributed by atoms with Gasteiger partial charge in [0.1, 0.15) is 5.82 Å². The molecule has 2 aromatic heterocycles. The van der Waals surface area contributed by atoms with Gasteiger partial charge in [0, 0.05) is 76.6 Å². The van der Waals surface area contributed by atoms with Crippen molar-refractivity contribution in [1.29, 1.82) is 0 Å². The van der Waals surface area contributed by atoms with Gasteiger partial charge in [-0.2, -0.15) is 12.1 Å². The molecule has 0 saturated heterocycles. The summed E-state index contributed by atoms with van der Waals surface area (Å²) in [6, 6.07) is 55.0. The number of anilines is 4. The first-order valence-electron chi connectivity index (χ1n) is 26.8. The fourth-order valence-corrected chi connectivity index (χ4v) is 9.10. The maximum Gasteiger partial charge on any atom is 0.135 e. The van der Waals surface area contributed by atoms with E-state index in [2.05, 4.69) is 131 Å². The number of ether oxygens (including phenoxy) is 1. The van der Waals surface area contributed by atoms with Crippen molar-refractivity contribution in [1.82, 2.24) is 9.55 Å². The SMILES string of the molecule is [2H]c1c([2H])c([2H])c(-c2cnc(-n3c4[c-]c(Oc5[c-]c(N6[CH-]N(c7cc(C(C)(C)C)cc(C(C)(C)C)c7)c7c(-c8ccccc8)cccc76)ccc5)ccc4c4c(-c5ccccc5)cccc43)cc2C([2H])([2H])[2H])c([2H])c1[2H].[Pt]. The van der Waals surface area contributed by atoms with Crippen LogP contribution in [-0.4, -0.2) is 9.55 Å². The van der Waals surface area contributed by atoms with Crippen LogP contribution in [0.2, 0.25) is 0 Å². The molecule has 0 bridgehead atoms. The maximum absolute atomic E-state index is 8.72. The predicted molar refractivity (Wildman–Crippen MR) is 283 cm³/mol. The molecule has 0 N–H and O–H groups in total. The second-order valence-electron chi connectivity index (χ2n) is 19.2. The van der Waals surface area contributed by atoms with Gasteiger partial charge in [0.2, 0.25) is 0 Å². The number of fused-ring (bicyclic) bond motifs is 4. The average molecular weight is 1090 g/mol. The van der Waals surface area contributed by atoms with Crippen LogP contribution in [0.3, 0.4) is 0 Å². The molecule has 10 aromatic rings. The minimum Gasteiger partial charge on any atom is -0.509 e. The number of para-hydroxylation sites is 1. The van der Waals surface area contributed by atoms with Crippen LogP contribution in [0.1, 0.15) is 69.2 Å². The molecule has 0 fully saturated rings. The van der Waals surface area contributed by atoms with Gasteiger partial charge in [0.15, 0.2) is 0 Å². The van der Waals surface area contributed by atoms with Gasteiger partial charge in [0.05, 0.1) is 6.85 Å². The quantitative estimate of drug-likeness (QED) is 0.142. The molecule has 0 saturated carbocycles. The van der Waals surface area contributed by atoms with Gasteiger partial charge < -0.3 is 19.1 Å². The molecule has 69 heavy (non-hydrogen) atoms. The van der Waals surface area contributed by atoms with Gasteiger partial charge in [-0.05, 0) is 92.3 Å². The van der Waals surface area contributed by atoms with E-state index in [1.807, 2.05) is 89.5 Å². The Balaban J connectivity index is 0.00000672. The number of hydrogen-bond acceptors (Lipinski definition) is 4. The van der Waals surface area contributed by atoms with E-state index in [4.69, 9.17) is 20.7 Å². The zero-order chi connectivity index (χ0) is 53.6. The topological polar surface area (TPSA) is 33.5 Å². The third kappa shape index (κ3) is 8.55. The summed E-state index contributed by atoms with van der Waals surface area (Å²) in [5.74, 6) is 1.02. The fraction of sp³-hybridized carbons (Fsp3) is 0.143. The Morgan fingerprint density at radius 2 is 1.26 bits per heavy atom. The van der Waals surface area contributed by atoms with Crippen molar-refractivity contribution in [2.75, 3.05) is 9.80 Å². The van der Waals surface area contributed by atoms with Crippen LogP contribution in [0.5, 0.6) is 11.5 Å². The Labute approximate surface area is 432 Å². The molecule has 0 atom stereocenters. The van der Waals surface area contributed by atoms with Crippen molar-refractivity contribution in [3.05, 3.63) is 224 Å². The molecule has 0 amide bonds. The van der Waals surface area contributed by atoms with Crippen LogP contribution in [0, 0.1) is 25.7 Å². The summed E-state index contributed by atoms with van der Waals surface area (Å²) < 4.78 is 76.9. The molecule has 0 aliphatic carbocycles. The predicted octanol–water partition coefficient (Wildman–Crippen LogP) is 16.9. The van der Waals surface area contributed by atoms with Crippen LogP contribution in [-0.2, 0) is 31.9 Å². The number of hydrogen-bond donors (Lipinski definition) is 0. The molecule has 3 heterocycles. The van der Waals surface area contributed by atoms with E-state index in [9.17, 15) is 0 Å². The summed E-state index contributed by atoms with van der Waals surface area (Å²) in [5, 5.41) is 1.67. The van der Waals surface area contributed by atoms with Crippen LogP contribution in [0.25, 0.3) is 61.0 Å². The number of nitrogens with zero attached hydrogens (tertiary/aromatic N) is 4. The summed E-state index contributed by atoms with van der Waals surface area (Å²) in [6.45, 7) is 12.9. The Morgan fingerprint density at radius 3 is 1.96 bits per heavy atom. The Bertz CT molecular complexity index is 3860. The van der Waals surface area contributed by atoms with Crippen molar-refractivity contribution in [2.45, 2.75) is 59.2 Å². The van der Waals surface area contributed by atoms with E-state index < -0.39 is 37.1 Å². The normalized spacial score (nSPS) is 14.5. The van der Waals surface area contributed by atoms with E-state index in [-0.39, 0.29) is 54.4 Å². The number of aromatic nitrogens is 2. The number of rotatable bonds is 8. The van der Waals surface area contributed by atoms with Crippen molar-refractivity contribution in [3.8, 4) is 50.7 Å². The standard InChI is InChI=1S/C63H53N4O.Pt/c1-42-34-59(64-40-55(42)45-24-15-10-16-25-45)67-56-30-18-28-52(43-20-11-8-12-21-43)60(56)54-33-32-51(39-58(54)67)68-50-27-17-26-48(38-50)65-41-66(49-36-46(62(2,3)4)35-47(37-49)63(5,6)7)61-53(29-19-31-57(61)65)44-22-13-9-14-23-44;/h8-37,40-41H,1-7H3;/q-3;/i1D3,10D,15D,16D,24D,25D;. The maximum atomic E-state index is 8.72. The molecule has 8 aromatic carbocycles. The second kappa shape index (κ2) is 18.0. The monoisotopic (exact) mass is 1080 g/mol. The van der Waals surface area contributed by atoms with Crippen molar-refractivity contribution in [2.24, 2.45) is 0 Å². The minimum absolute atomic E-state index is 0. The summed E-state index contributed by atoms with van der Waals surface area (Å²) in [7, 11) is 0. The van der Waals surface area contributed by atoms with Gasteiger partial charge in [0.25, 0.3) is 0 Å². The molecule has 0 unspecified atom stereocenters. The molecule has 6 heteroatoms. The Morgan fingerprint density at radius 1 is 0.609 bits per heavy atom. The van der Waals surface area contributed by atoms with Gasteiger partial charge >= 0.3 is 0 Å². The third-order valence-electron chi connectivity index (χ3n) is 12.6. The molecule has 11 rings (SSSR count). The van der Waals surface area contributed by atoms with E-state index >= 15 is 0 Å². The summed E-state index contributed by atoms with van der Waals surface area (Å²) in [6.07, 6.45) is 1.28. The van der Waals surface area contributed by atoms with Crippen molar-refractivity contribution >= 4 is 44.6 Å². The summed E-state index contributed by atoms with van der Waals surface area (Å²) in [4.78, 5) is 9.24.